The van der Waals surface area contributed by atoms with Crippen molar-refractivity contribution in [3.63, 3.8) is 0 Å². The lowest BCUT2D eigenvalue weighted by atomic mass is 10.1. The van der Waals surface area contributed by atoms with Crippen molar-refractivity contribution in [3.8, 4) is 12.3 Å². The van der Waals surface area contributed by atoms with Crippen LogP contribution in [0.3, 0.4) is 0 Å². The van der Waals surface area contributed by atoms with Crippen molar-refractivity contribution >= 4 is 5.69 Å². The highest BCUT2D eigenvalue weighted by Crippen LogP contribution is 2.10. The fourth-order valence-corrected chi connectivity index (χ4v) is 1.05. The molecule has 0 aliphatic heterocycles. The zero-order valence-electron chi connectivity index (χ0n) is 7.30. The first-order chi connectivity index (χ1) is 5.86. The molecule has 0 atom stereocenters. The van der Waals surface area contributed by atoms with Crippen LogP contribution in [0, 0.1) is 12.3 Å². The Morgan fingerprint density at radius 3 is 3.00 bits per heavy atom. The molecule has 0 saturated heterocycles. The van der Waals surface area contributed by atoms with Crippen LogP contribution in [0.4, 0.5) is 5.69 Å². The number of nitrogens with one attached hydrogen (secondary N) is 1. The largest absolute Gasteiger partial charge is 0.374 e. The van der Waals surface area contributed by atoms with Crippen LogP contribution >= 0.6 is 0 Å². The minimum absolute atomic E-state index is 0.590. The van der Waals surface area contributed by atoms with Crippen LogP contribution < -0.4 is 5.32 Å². The SMILES string of the molecule is C#CCNc1cccc(CC)c1. The summed E-state index contributed by atoms with van der Waals surface area (Å²) in [5.74, 6) is 2.54. The van der Waals surface area contributed by atoms with Crippen molar-refractivity contribution in [3.05, 3.63) is 29.8 Å². The van der Waals surface area contributed by atoms with Crippen molar-refractivity contribution in [1.29, 1.82) is 0 Å². The smallest absolute Gasteiger partial charge is 0.0763 e. The quantitative estimate of drug-likeness (QED) is 0.667. The number of anilines is 1. The number of rotatable bonds is 3. The Balaban J connectivity index is 2.67. The molecule has 1 N–H and O–H groups in total. The molecular formula is C11H13N. The van der Waals surface area contributed by atoms with Crippen molar-refractivity contribution in [1.82, 2.24) is 0 Å². The molecule has 12 heavy (non-hydrogen) atoms. The van der Waals surface area contributed by atoms with E-state index in [1.54, 1.807) is 0 Å². The van der Waals surface area contributed by atoms with Gasteiger partial charge in [-0.05, 0) is 24.1 Å². The molecule has 62 valence electrons. The van der Waals surface area contributed by atoms with E-state index in [1.165, 1.54) is 5.56 Å². The number of aryl methyl sites for hydroxylation is 1. The van der Waals surface area contributed by atoms with E-state index in [-0.39, 0.29) is 0 Å². The topological polar surface area (TPSA) is 12.0 Å². The average molecular weight is 159 g/mol. The molecule has 0 radical (unpaired) electrons. The molecular weight excluding hydrogens is 146 g/mol. The highest BCUT2D eigenvalue weighted by Gasteiger charge is 1.91. The normalized spacial score (nSPS) is 9.00. The van der Waals surface area contributed by atoms with Gasteiger partial charge in [-0.25, -0.2) is 0 Å². The molecule has 1 heteroatoms. The third-order valence-electron chi connectivity index (χ3n) is 1.73. The summed E-state index contributed by atoms with van der Waals surface area (Å²) in [7, 11) is 0. The van der Waals surface area contributed by atoms with Gasteiger partial charge in [-0.3, -0.25) is 0 Å². The van der Waals surface area contributed by atoms with Crippen molar-refractivity contribution in [2.24, 2.45) is 0 Å². The Hall–Kier alpha value is -1.42. The monoisotopic (exact) mass is 159 g/mol. The van der Waals surface area contributed by atoms with E-state index in [4.69, 9.17) is 6.42 Å². The van der Waals surface area contributed by atoms with Gasteiger partial charge in [-0.2, -0.15) is 0 Å². The van der Waals surface area contributed by atoms with Gasteiger partial charge in [0, 0.05) is 5.69 Å². The number of terminal acetylenes is 1. The van der Waals surface area contributed by atoms with Crippen LogP contribution in [-0.2, 0) is 6.42 Å². The minimum Gasteiger partial charge on any atom is -0.374 e. The van der Waals surface area contributed by atoms with E-state index in [0.29, 0.717) is 6.54 Å². The number of hydrogen-bond acceptors (Lipinski definition) is 1. The first-order valence-corrected chi connectivity index (χ1v) is 4.13. The van der Waals surface area contributed by atoms with E-state index in [2.05, 4.69) is 30.3 Å². The van der Waals surface area contributed by atoms with E-state index in [1.807, 2.05) is 12.1 Å². The molecule has 0 saturated carbocycles. The maximum absolute atomic E-state index is 5.13. The van der Waals surface area contributed by atoms with Gasteiger partial charge in [0.05, 0.1) is 6.54 Å². The van der Waals surface area contributed by atoms with Crippen LogP contribution in [0.5, 0.6) is 0 Å². The lowest BCUT2D eigenvalue weighted by molar-refractivity contribution is 1.14. The Kier molecular flexibility index (Phi) is 3.22. The standard InChI is InChI=1S/C11H13N/c1-3-8-12-11-7-5-6-10(4-2)9-11/h1,5-7,9,12H,4,8H2,2H3. The van der Waals surface area contributed by atoms with Crippen molar-refractivity contribution < 1.29 is 0 Å². The van der Waals surface area contributed by atoms with E-state index in [9.17, 15) is 0 Å². The van der Waals surface area contributed by atoms with Crippen LogP contribution in [0.2, 0.25) is 0 Å². The van der Waals surface area contributed by atoms with Gasteiger partial charge in [0.15, 0.2) is 0 Å². The second-order valence-corrected chi connectivity index (χ2v) is 2.61. The van der Waals surface area contributed by atoms with Gasteiger partial charge in [-0.15, -0.1) is 6.42 Å². The summed E-state index contributed by atoms with van der Waals surface area (Å²) in [6, 6.07) is 8.30. The number of benzene rings is 1. The minimum atomic E-state index is 0.590. The third kappa shape index (κ3) is 2.32. The maximum Gasteiger partial charge on any atom is 0.0763 e. The molecule has 1 nitrogen and oxygen atoms in total. The summed E-state index contributed by atoms with van der Waals surface area (Å²) in [6.07, 6.45) is 6.20. The van der Waals surface area contributed by atoms with Gasteiger partial charge in [0.2, 0.25) is 0 Å². The first kappa shape index (κ1) is 8.67. The molecule has 1 aromatic rings. The zero-order valence-corrected chi connectivity index (χ0v) is 7.30. The van der Waals surface area contributed by atoms with E-state index < -0.39 is 0 Å². The fraction of sp³-hybridized carbons (Fsp3) is 0.273. The van der Waals surface area contributed by atoms with Gasteiger partial charge in [0.1, 0.15) is 0 Å². The summed E-state index contributed by atoms with van der Waals surface area (Å²) in [5.41, 5.74) is 2.43. The molecule has 0 aliphatic carbocycles. The second-order valence-electron chi connectivity index (χ2n) is 2.61. The molecule has 0 bridgehead atoms. The zero-order chi connectivity index (χ0) is 8.81. The summed E-state index contributed by atoms with van der Waals surface area (Å²) in [6.45, 7) is 2.73. The van der Waals surface area contributed by atoms with Crippen molar-refractivity contribution in [2.75, 3.05) is 11.9 Å². The second kappa shape index (κ2) is 4.46. The Labute approximate surface area is 73.8 Å². The highest BCUT2D eigenvalue weighted by atomic mass is 14.8. The van der Waals surface area contributed by atoms with Crippen LogP contribution in [0.15, 0.2) is 24.3 Å². The lowest BCUT2D eigenvalue weighted by Gasteiger charge is -2.03. The number of hydrogen-bond donors (Lipinski definition) is 1. The van der Waals surface area contributed by atoms with Crippen LogP contribution in [0.1, 0.15) is 12.5 Å². The molecule has 0 aliphatic rings. The summed E-state index contributed by atoms with van der Waals surface area (Å²) in [4.78, 5) is 0. The van der Waals surface area contributed by atoms with Gasteiger partial charge < -0.3 is 5.32 Å². The molecule has 0 unspecified atom stereocenters. The lowest BCUT2D eigenvalue weighted by Crippen LogP contribution is -1.98. The molecule has 1 rings (SSSR count). The Morgan fingerprint density at radius 1 is 1.50 bits per heavy atom. The fourth-order valence-electron chi connectivity index (χ4n) is 1.05. The summed E-state index contributed by atoms with van der Waals surface area (Å²) >= 11 is 0. The molecule has 0 heterocycles. The van der Waals surface area contributed by atoms with E-state index >= 15 is 0 Å². The van der Waals surface area contributed by atoms with E-state index in [0.717, 1.165) is 12.1 Å². The van der Waals surface area contributed by atoms with Crippen LogP contribution in [0.25, 0.3) is 0 Å². The third-order valence-corrected chi connectivity index (χ3v) is 1.73. The highest BCUT2D eigenvalue weighted by molar-refractivity contribution is 5.46. The Morgan fingerprint density at radius 2 is 2.33 bits per heavy atom. The van der Waals surface area contributed by atoms with Gasteiger partial charge in [0.25, 0.3) is 0 Å². The average Bonchev–Trinajstić information content (AvgIpc) is 2.15. The maximum atomic E-state index is 5.13. The summed E-state index contributed by atoms with van der Waals surface area (Å²) < 4.78 is 0. The predicted octanol–water partition coefficient (Wildman–Crippen LogP) is 2.29. The van der Waals surface area contributed by atoms with Crippen LogP contribution in [-0.4, -0.2) is 6.54 Å². The molecule has 0 aromatic heterocycles. The van der Waals surface area contributed by atoms with Gasteiger partial charge in [-0.1, -0.05) is 25.0 Å². The summed E-state index contributed by atoms with van der Waals surface area (Å²) in [5, 5.41) is 3.13. The molecule has 0 amide bonds. The first-order valence-electron chi connectivity index (χ1n) is 4.13. The molecule has 0 spiro atoms. The predicted molar refractivity (Wildman–Crippen MR) is 53.1 cm³/mol. The van der Waals surface area contributed by atoms with Crippen molar-refractivity contribution in [2.45, 2.75) is 13.3 Å². The Bertz CT molecular complexity index is 283. The van der Waals surface area contributed by atoms with Gasteiger partial charge >= 0.3 is 0 Å². The molecule has 0 fully saturated rings. The molecule has 1 aromatic carbocycles.